The first-order chi connectivity index (χ1) is 12.9. The number of phenols is 1. The Kier molecular flexibility index (Phi) is 5.98. The molecule has 2 atom stereocenters. The minimum atomic E-state index is -0.732. The predicted octanol–water partition coefficient (Wildman–Crippen LogP) is 1.87. The van der Waals surface area contributed by atoms with Crippen molar-refractivity contribution in [2.24, 2.45) is 0 Å². The number of aliphatic hydroxyl groups excluding tert-OH is 1. The average molecular weight is 389 g/mol. The van der Waals surface area contributed by atoms with Gasteiger partial charge in [0.2, 0.25) is 11.8 Å². The summed E-state index contributed by atoms with van der Waals surface area (Å²) in [6, 6.07) is 12.8. The topological polar surface area (TPSA) is 89.9 Å². The number of β-amino-alcohol motifs (C(OH)–C–C–N with tert-alkyl or cyclic N) is 1. The lowest BCUT2D eigenvalue weighted by atomic mass is 10.1. The quantitative estimate of drug-likeness (QED) is 0.729. The van der Waals surface area contributed by atoms with Gasteiger partial charge in [-0.3, -0.25) is 9.59 Å². The number of amides is 2. The Balaban J connectivity index is 1.63. The summed E-state index contributed by atoms with van der Waals surface area (Å²) in [5.41, 5.74) is 1.55. The van der Waals surface area contributed by atoms with Crippen molar-refractivity contribution in [1.29, 1.82) is 0 Å². The molecule has 6 nitrogen and oxygen atoms in total. The van der Waals surface area contributed by atoms with Crippen molar-refractivity contribution in [2.45, 2.75) is 31.5 Å². The van der Waals surface area contributed by atoms with E-state index in [4.69, 9.17) is 11.6 Å². The average Bonchev–Trinajstić information content (AvgIpc) is 3.03. The van der Waals surface area contributed by atoms with E-state index in [1.807, 2.05) is 12.1 Å². The van der Waals surface area contributed by atoms with Gasteiger partial charge >= 0.3 is 0 Å². The van der Waals surface area contributed by atoms with Crippen molar-refractivity contribution in [1.82, 2.24) is 10.2 Å². The first-order valence-electron chi connectivity index (χ1n) is 8.70. The molecule has 0 saturated carbocycles. The number of likely N-dealkylation sites (tertiary alicyclic amines) is 1. The zero-order valence-electron chi connectivity index (χ0n) is 14.6. The minimum absolute atomic E-state index is 0.0576. The molecule has 2 aromatic rings. The van der Waals surface area contributed by atoms with E-state index in [0.717, 1.165) is 5.56 Å². The number of rotatable bonds is 5. The molecular formula is C20H21ClN2O4. The fourth-order valence-corrected chi connectivity index (χ4v) is 3.32. The van der Waals surface area contributed by atoms with Crippen LogP contribution < -0.4 is 5.32 Å². The molecule has 1 fully saturated rings. The molecule has 1 saturated heterocycles. The third-order valence-corrected chi connectivity index (χ3v) is 4.80. The summed E-state index contributed by atoms with van der Waals surface area (Å²) in [5.74, 6) is -0.478. The van der Waals surface area contributed by atoms with E-state index in [2.05, 4.69) is 5.32 Å². The van der Waals surface area contributed by atoms with Crippen LogP contribution in [0.3, 0.4) is 0 Å². The number of carbonyl (C=O) groups is 2. The normalized spacial score (nSPS) is 19.1. The van der Waals surface area contributed by atoms with Gasteiger partial charge < -0.3 is 20.4 Å². The minimum Gasteiger partial charge on any atom is -0.508 e. The second-order valence-electron chi connectivity index (χ2n) is 6.64. The molecule has 2 amide bonds. The maximum Gasteiger partial charge on any atom is 0.243 e. The maximum absolute atomic E-state index is 12.6. The summed E-state index contributed by atoms with van der Waals surface area (Å²) >= 11 is 5.85. The number of hydrogen-bond acceptors (Lipinski definition) is 4. The predicted molar refractivity (Wildman–Crippen MR) is 101 cm³/mol. The molecule has 2 aromatic carbocycles. The van der Waals surface area contributed by atoms with Gasteiger partial charge in [0, 0.05) is 24.5 Å². The number of aromatic hydroxyl groups is 1. The van der Waals surface area contributed by atoms with E-state index in [1.165, 1.54) is 17.0 Å². The van der Waals surface area contributed by atoms with Crippen LogP contribution in [0.5, 0.6) is 5.75 Å². The highest BCUT2D eigenvalue weighted by Crippen LogP contribution is 2.21. The highest BCUT2D eigenvalue weighted by molar-refractivity contribution is 6.30. The number of benzene rings is 2. The van der Waals surface area contributed by atoms with E-state index in [9.17, 15) is 19.8 Å². The zero-order chi connectivity index (χ0) is 19.4. The van der Waals surface area contributed by atoms with Crippen LogP contribution in [0.2, 0.25) is 5.02 Å². The van der Waals surface area contributed by atoms with E-state index in [0.29, 0.717) is 17.1 Å². The molecule has 0 aliphatic carbocycles. The molecule has 0 bridgehead atoms. The van der Waals surface area contributed by atoms with Gasteiger partial charge in [0.1, 0.15) is 11.8 Å². The SMILES string of the molecule is O=C(NCc1ccc(Cl)cc1)[C@@H]1C[C@@H](O)CN1C(=O)Cc1cccc(O)c1. The van der Waals surface area contributed by atoms with Crippen LogP contribution in [0.1, 0.15) is 17.5 Å². The summed E-state index contributed by atoms with van der Waals surface area (Å²) in [5, 5.41) is 22.9. The Labute approximate surface area is 162 Å². The molecule has 1 aliphatic rings. The molecule has 0 aromatic heterocycles. The van der Waals surface area contributed by atoms with Crippen molar-refractivity contribution >= 4 is 23.4 Å². The number of carbonyl (C=O) groups excluding carboxylic acids is 2. The summed E-state index contributed by atoms with van der Waals surface area (Å²) in [4.78, 5) is 26.6. The van der Waals surface area contributed by atoms with Crippen molar-refractivity contribution in [3.63, 3.8) is 0 Å². The van der Waals surface area contributed by atoms with E-state index < -0.39 is 12.1 Å². The second-order valence-corrected chi connectivity index (χ2v) is 7.08. The molecule has 27 heavy (non-hydrogen) atoms. The van der Waals surface area contributed by atoms with Gasteiger partial charge in [-0.2, -0.15) is 0 Å². The second kappa shape index (κ2) is 8.41. The summed E-state index contributed by atoms with van der Waals surface area (Å²) < 4.78 is 0. The molecule has 1 aliphatic heterocycles. The Morgan fingerprint density at radius 1 is 1.15 bits per heavy atom. The number of halogens is 1. The number of nitrogens with zero attached hydrogens (tertiary/aromatic N) is 1. The van der Waals surface area contributed by atoms with E-state index in [1.54, 1.807) is 24.3 Å². The van der Waals surface area contributed by atoms with Crippen molar-refractivity contribution in [3.8, 4) is 5.75 Å². The summed E-state index contributed by atoms with van der Waals surface area (Å²) in [6.07, 6.45) is -0.468. The monoisotopic (exact) mass is 388 g/mol. The number of nitrogens with one attached hydrogen (secondary N) is 1. The first-order valence-corrected chi connectivity index (χ1v) is 9.08. The van der Waals surface area contributed by atoms with Gasteiger partial charge in [0.05, 0.1) is 12.5 Å². The third kappa shape index (κ3) is 4.99. The fraction of sp³-hybridized carbons (Fsp3) is 0.300. The molecule has 7 heteroatoms. The van der Waals surface area contributed by atoms with Gasteiger partial charge in [-0.25, -0.2) is 0 Å². The number of aliphatic hydroxyl groups is 1. The highest BCUT2D eigenvalue weighted by atomic mass is 35.5. The first kappa shape index (κ1) is 19.2. The fourth-order valence-electron chi connectivity index (χ4n) is 3.19. The molecular weight excluding hydrogens is 368 g/mol. The summed E-state index contributed by atoms with van der Waals surface area (Å²) in [7, 11) is 0. The molecule has 142 valence electrons. The smallest absolute Gasteiger partial charge is 0.243 e. The van der Waals surface area contributed by atoms with Crippen LogP contribution in [0.15, 0.2) is 48.5 Å². The maximum atomic E-state index is 12.6. The van der Waals surface area contributed by atoms with Crippen molar-refractivity contribution < 1.29 is 19.8 Å². The lowest BCUT2D eigenvalue weighted by Crippen LogP contribution is -2.46. The van der Waals surface area contributed by atoms with Gasteiger partial charge in [0.15, 0.2) is 0 Å². The van der Waals surface area contributed by atoms with Crippen LogP contribution in [-0.4, -0.2) is 45.6 Å². The van der Waals surface area contributed by atoms with E-state index >= 15 is 0 Å². The van der Waals surface area contributed by atoms with Crippen LogP contribution in [0.4, 0.5) is 0 Å². The van der Waals surface area contributed by atoms with Crippen molar-refractivity contribution in [3.05, 3.63) is 64.7 Å². The van der Waals surface area contributed by atoms with Gasteiger partial charge in [0.25, 0.3) is 0 Å². The molecule has 1 heterocycles. The van der Waals surface area contributed by atoms with Crippen molar-refractivity contribution in [2.75, 3.05) is 6.54 Å². The molecule has 3 N–H and O–H groups in total. The standard InChI is InChI=1S/C20H21ClN2O4/c21-15-6-4-13(5-7-15)11-22-20(27)18-10-17(25)12-23(18)19(26)9-14-2-1-3-16(24)8-14/h1-8,17-18,24-25H,9-12H2,(H,22,27)/t17-,18+/m1/s1. The van der Waals surface area contributed by atoms with Gasteiger partial charge in [-0.15, -0.1) is 0 Å². The van der Waals surface area contributed by atoms with Crippen LogP contribution in [0.25, 0.3) is 0 Å². The largest absolute Gasteiger partial charge is 0.508 e. The summed E-state index contributed by atoms with van der Waals surface area (Å²) in [6.45, 7) is 0.438. The lowest BCUT2D eigenvalue weighted by Gasteiger charge is -2.24. The van der Waals surface area contributed by atoms with Crippen LogP contribution in [0, 0.1) is 0 Å². The Bertz CT molecular complexity index is 825. The highest BCUT2D eigenvalue weighted by Gasteiger charge is 2.38. The Morgan fingerprint density at radius 2 is 1.89 bits per heavy atom. The number of hydrogen-bond donors (Lipinski definition) is 3. The zero-order valence-corrected chi connectivity index (χ0v) is 15.4. The molecule has 0 radical (unpaired) electrons. The Hall–Kier alpha value is -2.57. The van der Waals surface area contributed by atoms with Crippen LogP contribution >= 0.6 is 11.6 Å². The lowest BCUT2D eigenvalue weighted by molar-refractivity contribution is -0.138. The van der Waals surface area contributed by atoms with Crippen LogP contribution in [-0.2, 0) is 22.6 Å². The molecule has 0 unspecified atom stereocenters. The molecule has 0 spiro atoms. The molecule has 3 rings (SSSR count). The van der Waals surface area contributed by atoms with Gasteiger partial charge in [-0.05, 0) is 35.4 Å². The van der Waals surface area contributed by atoms with Gasteiger partial charge in [-0.1, -0.05) is 35.9 Å². The number of phenolic OH excluding ortho intramolecular Hbond substituents is 1. The van der Waals surface area contributed by atoms with E-state index in [-0.39, 0.29) is 37.0 Å². The Morgan fingerprint density at radius 3 is 2.59 bits per heavy atom. The third-order valence-electron chi connectivity index (χ3n) is 4.55.